The largest absolute Gasteiger partial charge is 0.381 e. The van der Waals surface area contributed by atoms with Crippen molar-refractivity contribution in [3.05, 3.63) is 77.2 Å². The summed E-state index contributed by atoms with van der Waals surface area (Å²) in [5.41, 5.74) is 3.98. The summed E-state index contributed by atoms with van der Waals surface area (Å²) in [6.45, 7) is 13.9. The molecule has 0 amide bonds. The normalized spacial score (nSPS) is 14.4. The number of rotatable bonds is 2. The van der Waals surface area contributed by atoms with Crippen LogP contribution in [0.3, 0.4) is 0 Å². The first-order valence-corrected chi connectivity index (χ1v) is 10.4. The fourth-order valence-electron chi connectivity index (χ4n) is 4.77. The Morgan fingerprint density at radius 2 is 1.45 bits per heavy atom. The van der Waals surface area contributed by atoms with E-state index < -0.39 is 0 Å². The third kappa shape index (κ3) is 3.09. The molecule has 0 unspecified atom stereocenters. The molecule has 4 rings (SSSR count). The first-order valence-electron chi connectivity index (χ1n) is 10.4. The third-order valence-electron chi connectivity index (χ3n) is 6.14. The summed E-state index contributed by atoms with van der Waals surface area (Å²) in [4.78, 5) is 4.68. The molecule has 0 spiro atoms. The van der Waals surface area contributed by atoms with Gasteiger partial charge in [-0.05, 0) is 34.4 Å². The molecule has 0 aliphatic carbocycles. The highest BCUT2D eigenvalue weighted by molar-refractivity contribution is 6.80. The van der Waals surface area contributed by atoms with E-state index in [9.17, 15) is 0 Å². The molecule has 2 heterocycles. The summed E-state index contributed by atoms with van der Waals surface area (Å²) in [6.07, 6.45) is 2.19. The van der Waals surface area contributed by atoms with E-state index in [1.807, 2.05) is 0 Å². The zero-order valence-electron chi connectivity index (χ0n) is 18.6. The molecule has 29 heavy (non-hydrogen) atoms. The fraction of sp³-hybridized carbons (Fsp3) is 0.333. The van der Waals surface area contributed by atoms with E-state index in [2.05, 4.69) is 128 Å². The molecule has 3 aromatic rings. The van der Waals surface area contributed by atoms with Crippen LogP contribution in [-0.4, -0.2) is 11.6 Å². The predicted molar refractivity (Wildman–Crippen MR) is 119 cm³/mol. The van der Waals surface area contributed by atoms with Crippen LogP contribution in [0.25, 0.3) is 16.9 Å². The molecule has 0 N–H and O–H groups in total. The number of para-hydroxylation sites is 1. The van der Waals surface area contributed by atoms with Gasteiger partial charge in [-0.1, -0.05) is 75.5 Å². The molecule has 148 valence electrons. The van der Waals surface area contributed by atoms with Crippen molar-refractivity contribution in [2.24, 2.45) is 12.5 Å². The smallest absolute Gasteiger partial charge is 0.197 e. The van der Waals surface area contributed by atoms with Crippen LogP contribution in [0.5, 0.6) is 0 Å². The Hall–Kier alpha value is -2.82. The number of aromatic nitrogens is 3. The average Bonchev–Trinajstić information content (AvgIpc) is 2.97. The van der Waals surface area contributed by atoms with E-state index in [0.717, 1.165) is 0 Å². The lowest BCUT2D eigenvalue weighted by Gasteiger charge is -2.34. The van der Waals surface area contributed by atoms with Crippen LogP contribution >= 0.6 is 0 Å². The van der Waals surface area contributed by atoms with Crippen LogP contribution in [0.15, 0.2) is 60.9 Å². The first-order chi connectivity index (χ1) is 13.7. The van der Waals surface area contributed by atoms with Crippen molar-refractivity contribution < 1.29 is 9.25 Å². The van der Waals surface area contributed by atoms with E-state index in [1.165, 1.54) is 33.1 Å². The van der Waals surface area contributed by atoms with Crippen LogP contribution in [0, 0.1) is 12.3 Å². The Morgan fingerprint density at radius 1 is 0.862 bits per heavy atom. The minimum atomic E-state index is 0.0740. The minimum absolute atomic E-state index is 0.0740. The SMILES string of the molecule is CB1C(C(C)(C)C)=c2ccccc2=C(C)N1n1c[n+](-c2ccccc2)c(C)[n+]1C. The Labute approximate surface area is 174 Å². The fourth-order valence-corrected chi connectivity index (χ4v) is 4.77. The molecule has 0 radical (unpaired) electrons. The van der Waals surface area contributed by atoms with E-state index in [-0.39, 0.29) is 12.3 Å². The lowest BCUT2D eigenvalue weighted by Crippen LogP contribution is -2.62. The van der Waals surface area contributed by atoms with Gasteiger partial charge < -0.3 is 0 Å². The maximum absolute atomic E-state index is 2.43. The number of fused-ring (bicyclic) bond motifs is 1. The topological polar surface area (TPSA) is 15.9 Å². The van der Waals surface area contributed by atoms with Crippen molar-refractivity contribution in [2.75, 3.05) is 4.92 Å². The quantitative estimate of drug-likeness (QED) is 0.486. The van der Waals surface area contributed by atoms with Gasteiger partial charge in [-0.15, -0.1) is 4.57 Å². The van der Waals surface area contributed by atoms with Gasteiger partial charge in [0.1, 0.15) is 0 Å². The second-order valence-electron chi connectivity index (χ2n) is 9.03. The molecule has 5 heteroatoms. The standard InChI is InChI=1S/C24H31BN4/c1-18-21-15-11-12-16-22(21)23(24(3,4)5)25(6)29(18)28-17-27(19(2)26(28)7)20-13-9-8-10-14-20/h8-17H,1-7H3/q+2. The molecule has 0 atom stereocenters. The Kier molecular flexibility index (Phi) is 4.64. The highest BCUT2D eigenvalue weighted by Crippen LogP contribution is 2.30. The van der Waals surface area contributed by atoms with Crippen molar-refractivity contribution in [1.29, 1.82) is 0 Å². The maximum Gasteiger partial charge on any atom is 0.381 e. The van der Waals surface area contributed by atoms with Crippen molar-refractivity contribution >= 4 is 18.0 Å². The van der Waals surface area contributed by atoms with Gasteiger partial charge in [-0.3, -0.25) is 0 Å². The zero-order valence-corrected chi connectivity index (χ0v) is 18.6. The summed E-state index contributed by atoms with van der Waals surface area (Å²) in [6, 6.07) is 19.3. The second kappa shape index (κ2) is 6.91. The first kappa shape index (κ1) is 19.5. The molecule has 0 bridgehead atoms. The van der Waals surface area contributed by atoms with Crippen molar-refractivity contribution in [3.63, 3.8) is 0 Å². The number of benzene rings is 2. The van der Waals surface area contributed by atoms with Crippen molar-refractivity contribution in [3.8, 4) is 5.69 Å². The van der Waals surface area contributed by atoms with Crippen molar-refractivity contribution in [1.82, 2.24) is 4.79 Å². The molecule has 0 saturated heterocycles. The molecule has 2 aromatic carbocycles. The van der Waals surface area contributed by atoms with E-state index in [4.69, 9.17) is 0 Å². The van der Waals surface area contributed by atoms with Crippen LogP contribution in [0.1, 0.15) is 33.5 Å². The van der Waals surface area contributed by atoms with Gasteiger partial charge in [0.05, 0.1) is 17.4 Å². The molecule has 1 aromatic heterocycles. The summed E-state index contributed by atoms with van der Waals surface area (Å²) < 4.78 is 4.47. The van der Waals surface area contributed by atoms with Gasteiger partial charge in [0.25, 0.3) is 0 Å². The van der Waals surface area contributed by atoms with Crippen LogP contribution < -0.4 is 24.6 Å². The minimum Gasteiger partial charge on any atom is -0.197 e. The lowest BCUT2D eigenvalue weighted by atomic mass is 9.48. The summed E-state index contributed by atoms with van der Waals surface area (Å²) in [5, 5.41) is 2.69. The van der Waals surface area contributed by atoms with E-state index >= 15 is 0 Å². The van der Waals surface area contributed by atoms with Gasteiger partial charge >= 0.3 is 19.0 Å². The molecule has 4 nitrogen and oxygen atoms in total. The third-order valence-corrected chi connectivity index (χ3v) is 6.14. The van der Waals surface area contributed by atoms with Crippen molar-refractivity contribution in [2.45, 2.75) is 41.4 Å². The molecular formula is C24H31BN4+2. The van der Waals surface area contributed by atoms with Gasteiger partial charge in [0.15, 0.2) is 12.7 Å². The van der Waals surface area contributed by atoms with Gasteiger partial charge in [-0.25, -0.2) is 0 Å². The Bertz CT molecular complexity index is 1190. The summed E-state index contributed by atoms with van der Waals surface area (Å²) in [5.74, 6) is 1.17. The Balaban J connectivity index is 1.98. The van der Waals surface area contributed by atoms with Gasteiger partial charge in [0.2, 0.25) is 0 Å². The maximum atomic E-state index is 2.43. The average molecular weight is 386 g/mol. The lowest BCUT2D eigenvalue weighted by molar-refractivity contribution is -0.798. The molecule has 0 saturated carbocycles. The van der Waals surface area contributed by atoms with Crippen LogP contribution in [0.4, 0.5) is 0 Å². The van der Waals surface area contributed by atoms with E-state index in [0.29, 0.717) is 0 Å². The molecule has 1 aliphatic heterocycles. The van der Waals surface area contributed by atoms with Crippen LogP contribution in [0.2, 0.25) is 6.82 Å². The monoisotopic (exact) mass is 386 g/mol. The van der Waals surface area contributed by atoms with E-state index in [1.54, 1.807) is 0 Å². The predicted octanol–water partition coefficient (Wildman–Crippen LogP) is 2.03. The second-order valence-corrected chi connectivity index (χ2v) is 9.03. The number of nitrogens with zero attached hydrogens (tertiary/aromatic N) is 4. The number of hydrogen-bond donors (Lipinski definition) is 0. The number of hydrogen-bond acceptors (Lipinski definition) is 1. The van der Waals surface area contributed by atoms with Gasteiger partial charge in [0, 0.05) is 5.22 Å². The summed E-state index contributed by atoms with van der Waals surface area (Å²) >= 11 is 0. The Morgan fingerprint density at radius 3 is 2.07 bits per heavy atom. The highest BCUT2D eigenvalue weighted by atomic mass is 15.7. The van der Waals surface area contributed by atoms with Crippen LogP contribution in [-0.2, 0) is 7.05 Å². The molecular weight excluding hydrogens is 355 g/mol. The highest BCUT2D eigenvalue weighted by Gasteiger charge is 2.42. The molecule has 1 aliphatic rings. The summed E-state index contributed by atoms with van der Waals surface area (Å²) in [7, 11) is 2.13. The molecule has 0 fully saturated rings. The zero-order chi connectivity index (χ0) is 20.9. The van der Waals surface area contributed by atoms with Gasteiger partial charge in [-0.2, -0.15) is 4.92 Å².